The Bertz CT molecular complexity index is 546. The Morgan fingerprint density at radius 2 is 1.61 bits per heavy atom. The monoisotopic (exact) mass is 236 g/mol. The van der Waals surface area contributed by atoms with Crippen molar-refractivity contribution in [3.8, 4) is 0 Å². The van der Waals surface area contributed by atoms with Gasteiger partial charge in [-0.3, -0.25) is 0 Å². The van der Waals surface area contributed by atoms with E-state index in [0.717, 1.165) is 6.54 Å². The largest absolute Gasteiger partial charge is 0.381 e. The molecule has 90 valence electrons. The highest BCUT2D eigenvalue weighted by Crippen LogP contribution is 2.25. The minimum atomic E-state index is 0.333. The number of rotatable bonds is 2. The van der Waals surface area contributed by atoms with Gasteiger partial charge in [0, 0.05) is 6.54 Å². The lowest BCUT2D eigenvalue weighted by molar-refractivity contribution is 0.896. The second-order valence-electron chi connectivity index (χ2n) is 4.45. The lowest BCUT2D eigenvalue weighted by Gasteiger charge is -2.26. The Balaban J connectivity index is 1.72. The first-order valence-electron chi connectivity index (χ1n) is 6.24. The van der Waals surface area contributed by atoms with Crippen LogP contribution in [0.4, 0.5) is 11.4 Å². The molecule has 0 spiro atoms. The highest BCUT2D eigenvalue weighted by molar-refractivity contribution is 5.72. The number of hydrogen-bond donors (Lipinski definition) is 2. The van der Waals surface area contributed by atoms with Gasteiger partial charge in [0.15, 0.2) is 0 Å². The molecule has 0 fully saturated rings. The first-order chi connectivity index (χ1) is 8.92. The van der Waals surface area contributed by atoms with Crippen molar-refractivity contribution in [2.45, 2.75) is 6.04 Å². The molecule has 0 aromatic heterocycles. The number of nitrogens with one attached hydrogen (secondary N) is 2. The summed E-state index contributed by atoms with van der Waals surface area (Å²) in [6, 6.07) is 19.0. The Labute approximate surface area is 107 Å². The van der Waals surface area contributed by atoms with Gasteiger partial charge in [0.2, 0.25) is 0 Å². The van der Waals surface area contributed by atoms with Crippen LogP contribution in [-0.2, 0) is 0 Å². The average Bonchev–Trinajstić information content (AvgIpc) is 2.46. The van der Waals surface area contributed by atoms with Gasteiger partial charge in [-0.25, -0.2) is 0 Å². The second kappa shape index (κ2) is 4.96. The highest BCUT2D eigenvalue weighted by Gasteiger charge is 2.13. The Morgan fingerprint density at radius 1 is 0.889 bits per heavy atom. The molecule has 0 radical (unpaired) electrons. The van der Waals surface area contributed by atoms with Crippen LogP contribution in [-0.4, -0.2) is 12.6 Å². The van der Waals surface area contributed by atoms with Gasteiger partial charge in [0.25, 0.3) is 0 Å². The van der Waals surface area contributed by atoms with Crippen molar-refractivity contribution < 1.29 is 0 Å². The maximum Gasteiger partial charge on any atom is 0.0621 e. The molecule has 1 aliphatic heterocycles. The molecule has 2 heteroatoms. The molecule has 18 heavy (non-hydrogen) atoms. The molecule has 3 rings (SSSR count). The zero-order valence-corrected chi connectivity index (χ0v) is 10.1. The molecule has 2 aromatic rings. The molecule has 2 nitrogen and oxygen atoms in total. The lowest BCUT2D eigenvalue weighted by atomic mass is 10.1. The first-order valence-corrected chi connectivity index (χ1v) is 6.24. The first kappa shape index (κ1) is 10.9. The summed E-state index contributed by atoms with van der Waals surface area (Å²) in [6.45, 7) is 0.917. The number of fused-ring (bicyclic) bond motifs is 1. The normalized spacial score (nSPS) is 17.9. The fraction of sp³-hybridized carbons (Fsp3) is 0.125. The van der Waals surface area contributed by atoms with Crippen molar-refractivity contribution >= 4 is 17.5 Å². The summed E-state index contributed by atoms with van der Waals surface area (Å²) >= 11 is 0. The van der Waals surface area contributed by atoms with Gasteiger partial charge in [-0.2, -0.15) is 0 Å². The topological polar surface area (TPSA) is 24.1 Å². The summed E-state index contributed by atoms with van der Waals surface area (Å²) in [7, 11) is 0. The van der Waals surface area contributed by atoms with Gasteiger partial charge < -0.3 is 10.6 Å². The summed E-state index contributed by atoms with van der Waals surface area (Å²) in [5.74, 6) is 0. The van der Waals surface area contributed by atoms with Crippen molar-refractivity contribution in [2.75, 3.05) is 17.2 Å². The van der Waals surface area contributed by atoms with Gasteiger partial charge >= 0.3 is 0 Å². The van der Waals surface area contributed by atoms with Crippen LogP contribution in [0, 0.1) is 0 Å². The maximum atomic E-state index is 3.52. The molecular formula is C16H16N2. The van der Waals surface area contributed by atoms with E-state index in [1.165, 1.54) is 16.9 Å². The van der Waals surface area contributed by atoms with Gasteiger partial charge in [-0.05, 0) is 17.7 Å². The Morgan fingerprint density at radius 3 is 2.44 bits per heavy atom. The van der Waals surface area contributed by atoms with Gasteiger partial charge in [0.1, 0.15) is 0 Å². The number of benzene rings is 2. The third kappa shape index (κ3) is 2.38. The molecule has 1 heterocycles. The second-order valence-corrected chi connectivity index (χ2v) is 4.45. The van der Waals surface area contributed by atoms with Crippen molar-refractivity contribution in [3.63, 3.8) is 0 Å². The third-order valence-corrected chi connectivity index (χ3v) is 3.10. The zero-order chi connectivity index (χ0) is 12.2. The van der Waals surface area contributed by atoms with Gasteiger partial charge in [0.05, 0.1) is 17.4 Å². The van der Waals surface area contributed by atoms with Crippen molar-refractivity contribution in [1.82, 2.24) is 0 Å². The molecule has 1 atom stereocenters. The molecule has 0 bridgehead atoms. The van der Waals surface area contributed by atoms with E-state index in [2.05, 4.69) is 65.3 Å². The van der Waals surface area contributed by atoms with Gasteiger partial charge in [-0.15, -0.1) is 0 Å². The number of hydrogen-bond acceptors (Lipinski definition) is 2. The number of para-hydroxylation sites is 2. The molecule has 0 saturated heterocycles. The maximum absolute atomic E-state index is 3.52. The quantitative estimate of drug-likeness (QED) is 0.832. The summed E-state index contributed by atoms with van der Waals surface area (Å²) < 4.78 is 0. The molecule has 0 aliphatic carbocycles. The molecule has 1 aliphatic rings. The number of anilines is 2. The summed E-state index contributed by atoms with van der Waals surface area (Å²) in [4.78, 5) is 0. The SMILES string of the molecule is C(=C\[C@H]1CNc2ccccc2N1)/c1ccccc1. The lowest BCUT2D eigenvalue weighted by Crippen LogP contribution is -2.30. The predicted octanol–water partition coefficient (Wildman–Crippen LogP) is 3.61. The van der Waals surface area contributed by atoms with E-state index in [0.29, 0.717) is 6.04 Å². The molecule has 2 N–H and O–H groups in total. The standard InChI is InChI=1S/C16H16N2/c1-2-6-13(7-3-1)10-11-14-12-17-15-8-4-5-9-16(15)18-14/h1-11,14,17-18H,12H2/b11-10+/t14-/m0/s1. The van der Waals surface area contributed by atoms with Crippen LogP contribution < -0.4 is 10.6 Å². The minimum Gasteiger partial charge on any atom is -0.381 e. The summed E-state index contributed by atoms with van der Waals surface area (Å²) in [5.41, 5.74) is 3.59. The Kier molecular flexibility index (Phi) is 3.01. The average molecular weight is 236 g/mol. The highest BCUT2D eigenvalue weighted by atomic mass is 15.1. The van der Waals surface area contributed by atoms with E-state index in [1.54, 1.807) is 0 Å². The van der Waals surface area contributed by atoms with Crippen LogP contribution in [0.5, 0.6) is 0 Å². The fourth-order valence-corrected chi connectivity index (χ4v) is 2.14. The fourth-order valence-electron chi connectivity index (χ4n) is 2.14. The molecule has 0 saturated carbocycles. The van der Waals surface area contributed by atoms with Gasteiger partial charge in [-0.1, -0.05) is 54.6 Å². The van der Waals surface area contributed by atoms with E-state index in [9.17, 15) is 0 Å². The summed E-state index contributed by atoms with van der Waals surface area (Å²) in [6.07, 6.45) is 4.37. The molecular weight excluding hydrogens is 220 g/mol. The van der Waals surface area contributed by atoms with Crippen LogP contribution in [0.15, 0.2) is 60.7 Å². The summed E-state index contributed by atoms with van der Waals surface area (Å²) in [5, 5.41) is 6.95. The van der Waals surface area contributed by atoms with Crippen LogP contribution in [0.2, 0.25) is 0 Å². The smallest absolute Gasteiger partial charge is 0.0621 e. The minimum absolute atomic E-state index is 0.333. The molecule has 2 aromatic carbocycles. The van der Waals surface area contributed by atoms with Crippen molar-refractivity contribution in [3.05, 3.63) is 66.2 Å². The van der Waals surface area contributed by atoms with Crippen molar-refractivity contribution in [1.29, 1.82) is 0 Å². The van der Waals surface area contributed by atoms with Crippen LogP contribution in [0.25, 0.3) is 6.08 Å². The van der Waals surface area contributed by atoms with E-state index in [1.807, 2.05) is 12.1 Å². The predicted molar refractivity (Wildman–Crippen MR) is 77.8 cm³/mol. The third-order valence-electron chi connectivity index (χ3n) is 3.10. The van der Waals surface area contributed by atoms with Crippen molar-refractivity contribution in [2.24, 2.45) is 0 Å². The van der Waals surface area contributed by atoms with Crippen LogP contribution >= 0.6 is 0 Å². The van der Waals surface area contributed by atoms with Crippen LogP contribution in [0.1, 0.15) is 5.56 Å². The Hall–Kier alpha value is -2.22. The van der Waals surface area contributed by atoms with E-state index < -0.39 is 0 Å². The van der Waals surface area contributed by atoms with E-state index in [4.69, 9.17) is 0 Å². The molecule has 0 unspecified atom stereocenters. The zero-order valence-electron chi connectivity index (χ0n) is 10.1. The van der Waals surface area contributed by atoms with Crippen LogP contribution in [0.3, 0.4) is 0 Å². The van der Waals surface area contributed by atoms with E-state index >= 15 is 0 Å². The molecule has 0 amide bonds. The van der Waals surface area contributed by atoms with E-state index in [-0.39, 0.29) is 0 Å².